The van der Waals surface area contributed by atoms with Crippen molar-refractivity contribution in [2.75, 3.05) is 0 Å². The zero-order valence-electron chi connectivity index (χ0n) is 6.40. The second-order valence-corrected chi connectivity index (χ2v) is 3.69. The first-order chi connectivity index (χ1) is 4.04. The molecule has 0 aromatic rings. The molecule has 1 saturated carbocycles. The van der Waals surface area contributed by atoms with Crippen molar-refractivity contribution in [1.29, 1.82) is 0 Å². The molecule has 0 aromatic carbocycles. The van der Waals surface area contributed by atoms with E-state index in [-0.39, 0.29) is 0 Å². The van der Waals surface area contributed by atoms with Crippen LogP contribution >= 0.6 is 0 Å². The van der Waals surface area contributed by atoms with Gasteiger partial charge in [0.2, 0.25) is 0 Å². The van der Waals surface area contributed by atoms with Gasteiger partial charge in [0.25, 0.3) is 0 Å². The molecular formula is C8H14O. The van der Waals surface area contributed by atoms with Gasteiger partial charge in [0.15, 0.2) is 0 Å². The van der Waals surface area contributed by atoms with Crippen molar-refractivity contribution in [2.24, 2.45) is 11.3 Å². The van der Waals surface area contributed by atoms with Crippen LogP contribution in [0, 0.1) is 11.3 Å². The molecule has 0 spiro atoms. The average Bonchev–Trinajstić information content (AvgIpc) is 1.62. The number of hydrogen-bond donors (Lipinski definition) is 0. The van der Waals surface area contributed by atoms with E-state index in [4.69, 9.17) is 0 Å². The normalized spacial score (nSPS) is 31.2. The molecule has 0 N–H and O–H groups in total. The number of Topliss-reactive ketones (excluding diaryl/α,β-unsaturated/α-hetero) is 1. The third-order valence-electron chi connectivity index (χ3n) is 2.51. The highest BCUT2D eigenvalue weighted by Crippen LogP contribution is 2.46. The third kappa shape index (κ3) is 1.00. The van der Waals surface area contributed by atoms with Crippen LogP contribution in [0.2, 0.25) is 0 Å². The first kappa shape index (κ1) is 6.79. The van der Waals surface area contributed by atoms with Crippen LogP contribution in [-0.4, -0.2) is 5.78 Å². The van der Waals surface area contributed by atoms with Crippen molar-refractivity contribution in [3.8, 4) is 0 Å². The van der Waals surface area contributed by atoms with E-state index in [1.807, 2.05) is 0 Å². The van der Waals surface area contributed by atoms with Crippen LogP contribution in [0.5, 0.6) is 0 Å². The second kappa shape index (κ2) is 1.83. The summed E-state index contributed by atoms with van der Waals surface area (Å²) in [7, 11) is 0. The Labute approximate surface area is 56.4 Å². The molecule has 1 unspecified atom stereocenters. The van der Waals surface area contributed by atoms with Crippen molar-refractivity contribution in [3.63, 3.8) is 0 Å². The molecule has 1 fully saturated rings. The molecule has 1 rings (SSSR count). The zero-order chi connectivity index (χ0) is 7.07. The number of carbonyl (C=O) groups is 1. The summed E-state index contributed by atoms with van der Waals surface area (Å²) >= 11 is 0. The summed E-state index contributed by atoms with van der Waals surface area (Å²) in [5, 5.41) is 0. The summed E-state index contributed by atoms with van der Waals surface area (Å²) < 4.78 is 0. The molecule has 1 atom stereocenters. The van der Waals surface area contributed by atoms with Gasteiger partial charge in [-0.2, -0.15) is 0 Å². The lowest BCUT2D eigenvalue weighted by atomic mass is 9.61. The molecule has 1 aliphatic carbocycles. The van der Waals surface area contributed by atoms with Crippen LogP contribution in [0.3, 0.4) is 0 Å². The van der Waals surface area contributed by atoms with E-state index in [1.54, 1.807) is 6.92 Å². The van der Waals surface area contributed by atoms with Crippen LogP contribution in [0.4, 0.5) is 0 Å². The van der Waals surface area contributed by atoms with Crippen molar-refractivity contribution < 1.29 is 4.79 Å². The molecule has 0 bridgehead atoms. The standard InChI is InChI=1S/C8H14O/c1-6(9)7-4-5-8(7,2)3/h7H,4-5H2,1-3H3. The van der Waals surface area contributed by atoms with Gasteiger partial charge in [-0.05, 0) is 25.2 Å². The largest absolute Gasteiger partial charge is 0.300 e. The molecule has 1 heteroatoms. The molecule has 1 nitrogen and oxygen atoms in total. The van der Waals surface area contributed by atoms with Gasteiger partial charge in [-0.25, -0.2) is 0 Å². The molecule has 0 amide bonds. The Morgan fingerprint density at radius 3 is 2.11 bits per heavy atom. The summed E-state index contributed by atoms with van der Waals surface area (Å²) in [5.41, 5.74) is 0.311. The van der Waals surface area contributed by atoms with Crippen LogP contribution in [0.15, 0.2) is 0 Å². The highest BCUT2D eigenvalue weighted by atomic mass is 16.1. The molecular weight excluding hydrogens is 112 g/mol. The summed E-state index contributed by atoms with van der Waals surface area (Å²) in [6, 6.07) is 0. The Kier molecular flexibility index (Phi) is 1.38. The van der Waals surface area contributed by atoms with E-state index >= 15 is 0 Å². The predicted octanol–water partition coefficient (Wildman–Crippen LogP) is 2.01. The van der Waals surface area contributed by atoms with Gasteiger partial charge in [0, 0.05) is 5.92 Å². The van der Waals surface area contributed by atoms with Crippen LogP contribution in [0.25, 0.3) is 0 Å². The van der Waals surface area contributed by atoms with Gasteiger partial charge in [0.05, 0.1) is 0 Å². The predicted molar refractivity (Wildman–Crippen MR) is 37.2 cm³/mol. The van der Waals surface area contributed by atoms with Crippen molar-refractivity contribution in [3.05, 3.63) is 0 Å². The molecule has 9 heavy (non-hydrogen) atoms. The van der Waals surface area contributed by atoms with E-state index in [0.29, 0.717) is 17.1 Å². The molecule has 0 saturated heterocycles. The van der Waals surface area contributed by atoms with E-state index < -0.39 is 0 Å². The summed E-state index contributed by atoms with van der Waals surface area (Å²) in [6.07, 6.45) is 2.33. The maximum absolute atomic E-state index is 10.8. The Hall–Kier alpha value is -0.330. The molecule has 0 aromatic heterocycles. The first-order valence-corrected chi connectivity index (χ1v) is 3.54. The minimum absolute atomic E-state index is 0.311. The van der Waals surface area contributed by atoms with E-state index in [9.17, 15) is 4.79 Å². The molecule has 52 valence electrons. The van der Waals surface area contributed by atoms with Crippen molar-refractivity contribution in [2.45, 2.75) is 33.6 Å². The maximum Gasteiger partial charge on any atom is 0.133 e. The smallest absolute Gasteiger partial charge is 0.133 e. The summed E-state index contributed by atoms with van der Waals surface area (Å²) in [4.78, 5) is 10.8. The monoisotopic (exact) mass is 126 g/mol. The van der Waals surface area contributed by atoms with Gasteiger partial charge < -0.3 is 0 Å². The minimum atomic E-state index is 0.311. The van der Waals surface area contributed by atoms with Crippen molar-refractivity contribution in [1.82, 2.24) is 0 Å². The SMILES string of the molecule is CC(=O)C1CCC1(C)C. The summed E-state index contributed by atoms with van der Waals surface area (Å²) in [6.45, 7) is 6.04. The topological polar surface area (TPSA) is 17.1 Å². The second-order valence-electron chi connectivity index (χ2n) is 3.69. The van der Waals surface area contributed by atoms with E-state index in [1.165, 1.54) is 6.42 Å². The number of hydrogen-bond acceptors (Lipinski definition) is 1. The Morgan fingerprint density at radius 2 is 2.11 bits per heavy atom. The van der Waals surface area contributed by atoms with Gasteiger partial charge in [-0.1, -0.05) is 13.8 Å². The third-order valence-corrected chi connectivity index (χ3v) is 2.51. The number of rotatable bonds is 1. The number of carbonyl (C=O) groups excluding carboxylic acids is 1. The first-order valence-electron chi connectivity index (χ1n) is 3.54. The van der Waals surface area contributed by atoms with Crippen LogP contribution in [0.1, 0.15) is 33.6 Å². The fourth-order valence-corrected chi connectivity index (χ4v) is 1.62. The minimum Gasteiger partial charge on any atom is -0.300 e. The lowest BCUT2D eigenvalue weighted by molar-refractivity contribution is -0.129. The van der Waals surface area contributed by atoms with Gasteiger partial charge >= 0.3 is 0 Å². The number of ketones is 1. The fourth-order valence-electron chi connectivity index (χ4n) is 1.62. The van der Waals surface area contributed by atoms with Gasteiger partial charge in [-0.15, -0.1) is 0 Å². The Bertz CT molecular complexity index is 136. The molecule has 0 aliphatic heterocycles. The highest BCUT2D eigenvalue weighted by molar-refractivity contribution is 5.80. The quantitative estimate of drug-likeness (QED) is 0.525. The Balaban J connectivity index is 2.55. The van der Waals surface area contributed by atoms with Crippen molar-refractivity contribution >= 4 is 5.78 Å². The van der Waals surface area contributed by atoms with E-state index in [2.05, 4.69) is 13.8 Å². The van der Waals surface area contributed by atoms with Crippen LogP contribution < -0.4 is 0 Å². The maximum atomic E-state index is 10.8. The van der Waals surface area contributed by atoms with E-state index in [0.717, 1.165) is 6.42 Å². The lowest BCUT2D eigenvalue weighted by Gasteiger charge is -2.42. The summed E-state index contributed by atoms with van der Waals surface area (Å²) in [5.74, 6) is 0.726. The zero-order valence-corrected chi connectivity index (χ0v) is 6.40. The fraction of sp³-hybridized carbons (Fsp3) is 0.875. The molecule has 1 aliphatic rings. The molecule has 0 radical (unpaired) electrons. The Morgan fingerprint density at radius 1 is 1.56 bits per heavy atom. The average molecular weight is 126 g/mol. The lowest BCUT2D eigenvalue weighted by Crippen LogP contribution is -2.38. The van der Waals surface area contributed by atoms with Gasteiger partial charge in [0.1, 0.15) is 5.78 Å². The van der Waals surface area contributed by atoms with Crippen LogP contribution in [-0.2, 0) is 4.79 Å². The highest BCUT2D eigenvalue weighted by Gasteiger charge is 2.40. The van der Waals surface area contributed by atoms with Gasteiger partial charge in [-0.3, -0.25) is 4.79 Å². The molecule has 0 heterocycles.